The van der Waals surface area contributed by atoms with Crippen LogP contribution in [0.15, 0.2) is 103 Å². The molecule has 0 unspecified atom stereocenters. The Morgan fingerprint density at radius 1 is 0.818 bits per heavy atom. The molecule has 0 saturated carbocycles. The Balaban J connectivity index is 1.55. The van der Waals surface area contributed by atoms with Gasteiger partial charge < -0.3 is 14.8 Å². The Labute approximate surface area is 193 Å². The van der Waals surface area contributed by atoms with Crippen molar-refractivity contribution >= 4 is 11.5 Å². The number of fused-ring (bicyclic) bond motifs is 1. The quantitative estimate of drug-likeness (QED) is 0.315. The Morgan fingerprint density at radius 3 is 2.33 bits per heavy atom. The topological polar surface area (TPSA) is 47.8 Å². The maximum absolute atomic E-state index is 6.18. The van der Waals surface area contributed by atoms with E-state index in [-0.39, 0.29) is 0 Å². The second-order valence-electron chi connectivity index (χ2n) is 7.72. The summed E-state index contributed by atoms with van der Waals surface area (Å²) >= 11 is 0. The summed E-state index contributed by atoms with van der Waals surface area (Å²) in [6.07, 6.45) is 2.01. The van der Waals surface area contributed by atoms with Crippen molar-refractivity contribution in [1.29, 1.82) is 0 Å². The highest BCUT2D eigenvalue weighted by Gasteiger charge is 2.17. The van der Waals surface area contributed by atoms with Crippen LogP contribution in [-0.2, 0) is 13.2 Å². The van der Waals surface area contributed by atoms with E-state index >= 15 is 0 Å². The lowest BCUT2D eigenvalue weighted by atomic mass is 10.1. The van der Waals surface area contributed by atoms with Gasteiger partial charge >= 0.3 is 0 Å². The van der Waals surface area contributed by atoms with E-state index in [0.717, 1.165) is 39.8 Å². The van der Waals surface area contributed by atoms with E-state index in [4.69, 9.17) is 14.5 Å². The zero-order valence-corrected chi connectivity index (χ0v) is 18.4. The number of pyridine rings is 1. The van der Waals surface area contributed by atoms with Gasteiger partial charge in [0.15, 0.2) is 11.4 Å². The van der Waals surface area contributed by atoms with Crippen molar-refractivity contribution in [3.8, 4) is 22.8 Å². The van der Waals surface area contributed by atoms with Gasteiger partial charge in [0.1, 0.15) is 23.9 Å². The van der Waals surface area contributed by atoms with Crippen LogP contribution in [0, 0.1) is 0 Å². The van der Waals surface area contributed by atoms with Gasteiger partial charge in [-0.05, 0) is 35.4 Å². The summed E-state index contributed by atoms with van der Waals surface area (Å²) in [5, 5.41) is 3.59. The highest BCUT2D eigenvalue weighted by molar-refractivity contribution is 5.79. The molecule has 164 valence electrons. The van der Waals surface area contributed by atoms with Crippen molar-refractivity contribution in [2.75, 3.05) is 12.4 Å². The highest BCUT2D eigenvalue weighted by atomic mass is 16.5. The zero-order chi connectivity index (χ0) is 22.5. The molecule has 0 amide bonds. The van der Waals surface area contributed by atoms with E-state index in [1.54, 1.807) is 7.11 Å². The molecule has 0 bridgehead atoms. The molecule has 5 aromatic rings. The van der Waals surface area contributed by atoms with E-state index in [1.807, 2.05) is 79.0 Å². The zero-order valence-electron chi connectivity index (χ0n) is 18.4. The summed E-state index contributed by atoms with van der Waals surface area (Å²) in [6.45, 7) is 1.16. The van der Waals surface area contributed by atoms with Crippen LogP contribution in [-0.4, -0.2) is 16.5 Å². The van der Waals surface area contributed by atoms with Gasteiger partial charge in [-0.1, -0.05) is 72.8 Å². The molecular formula is C28H25N3O2. The predicted molar refractivity (Wildman–Crippen MR) is 132 cm³/mol. The molecule has 5 rings (SSSR count). The number of aromatic nitrogens is 2. The van der Waals surface area contributed by atoms with Crippen molar-refractivity contribution in [2.45, 2.75) is 13.2 Å². The summed E-state index contributed by atoms with van der Waals surface area (Å²) < 4.78 is 13.7. The van der Waals surface area contributed by atoms with E-state index in [0.29, 0.717) is 13.2 Å². The Bertz CT molecular complexity index is 1350. The average Bonchev–Trinajstić information content (AvgIpc) is 3.26. The van der Waals surface area contributed by atoms with Gasteiger partial charge in [-0.3, -0.25) is 4.40 Å². The van der Waals surface area contributed by atoms with Gasteiger partial charge in [-0.15, -0.1) is 0 Å². The molecule has 0 spiro atoms. The minimum atomic E-state index is 0.481. The summed E-state index contributed by atoms with van der Waals surface area (Å²) in [5.41, 5.74) is 4.90. The summed E-state index contributed by atoms with van der Waals surface area (Å²) in [4.78, 5) is 5.00. The number of anilines is 1. The largest absolute Gasteiger partial charge is 0.497 e. The van der Waals surface area contributed by atoms with Crippen molar-refractivity contribution in [1.82, 2.24) is 9.38 Å². The lowest BCUT2D eigenvalue weighted by molar-refractivity contribution is 0.308. The lowest BCUT2D eigenvalue weighted by Gasteiger charge is -2.11. The van der Waals surface area contributed by atoms with Crippen molar-refractivity contribution in [3.63, 3.8) is 0 Å². The van der Waals surface area contributed by atoms with E-state index in [2.05, 4.69) is 34.0 Å². The molecule has 0 fully saturated rings. The number of ether oxygens (including phenoxy) is 2. The molecule has 33 heavy (non-hydrogen) atoms. The summed E-state index contributed by atoms with van der Waals surface area (Å²) in [5.74, 6) is 2.43. The van der Waals surface area contributed by atoms with Crippen molar-refractivity contribution in [3.05, 3.63) is 114 Å². The van der Waals surface area contributed by atoms with Crippen LogP contribution >= 0.6 is 0 Å². The monoisotopic (exact) mass is 435 g/mol. The number of nitrogens with zero attached hydrogens (tertiary/aromatic N) is 2. The highest BCUT2D eigenvalue weighted by Crippen LogP contribution is 2.34. The van der Waals surface area contributed by atoms with Gasteiger partial charge in [-0.2, -0.15) is 0 Å². The second kappa shape index (κ2) is 9.49. The fourth-order valence-electron chi connectivity index (χ4n) is 3.81. The van der Waals surface area contributed by atoms with Crippen LogP contribution in [0.25, 0.3) is 16.9 Å². The molecule has 0 saturated heterocycles. The lowest BCUT2D eigenvalue weighted by Crippen LogP contribution is -2.04. The predicted octanol–water partition coefficient (Wildman–Crippen LogP) is 6.20. The van der Waals surface area contributed by atoms with Crippen LogP contribution in [0.3, 0.4) is 0 Å². The normalized spacial score (nSPS) is 10.8. The van der Waals surface area contributed by atoms with Crippen molar-refractivity contribution in [2.24, 2.45) is 0 Å². The first-order valence-corrected chi connectivity index (χ1v) is 10.9. The third-order valence-electron chi connectivity index (χ3n) is 5.50. The second-order valence-corrected chi connectivity index (χ2v) is 7.72. The Morgan fingerprint density at radius 2 is 1.58 bits per heavy atom. The average molecular weight is 436 g/mol. The third kappa shape index (κ3) is 4.53. The van der Waals surface area contributed by atoms with E-state index in [9.17, 15) is 0 Å². The van der Waals surface area contributed by atoms with Gasteiger partial charge in [0.25, 0.3) is 0 Å². The minimum Gasteiger partial charge on any atom is -0.497 e. The van der Waals surface area contributed by atoms with Crippen LogP contribution in [0.1, 0.15) is 11.1 Å². The van der Waals surface area contributed by atoms with E-state index in [1.165, 1.54) is 5.56 Å². The number of hydrogen-bond acceptors (Lipinski definition) is 4. The molecule has 0 aliphatic rings. The van der Waals surface area contributed by atoms with Crippen LogP contribution in [0.5, 0.6) is 11.5 Å². The molecule has 3 aromatic carbocycles. The van der Waals surface area contributed by atoms with Crippen LogP contribution in [0.2, 0.25) is 0 Å². The smallest absolute Gasteiger partial charge is 0.181 e. The number of hydrogen-bond donors (Lipinski definition) is 1. The first-order chi connectivity index (χ1) is 16.3. The summed E-state index contributed by atoms with van der Waals surface area (Å²) in [7, 11) is 1.67. The van der Waals surface area contributed by atoms with Gasteiger partial charge in [0, 0.05) is 18.3 Å². The fraction of sp³-hybridized carbons (Fsp3) is 0.107. The molecule has 5 heteroatoms. The van der Waals surface area contributed by atoms with Crippen molar-refractivity contribution < 1.29 is 9.47 Å². The summed E-state index contributed by atoms with van der Waals surface area (Å²) in [6, 6.07) is 32.4. The molecule has 1 N–H and O–H groups in total. The first-order valence-electron chi connectivity index (χ1n) is 10.9. The van der Waals surface area contributed by atoms with Gasteiger partial charge in [0.05, 0.1) is 7.11 Å². The SMILES string of the molecule is COc1cccc(-c2nc3c(OCc4ccccc4)cccn3c2NCc2ccccc2)c1. The third-order valence-corrected chi connectivity index (χ3v) is 5.50. The Hall–Kier alpha value is -4.25. The number of rotatable bonds is 8. The minimum absolute atomic E-state index is 0.481. The number of benzene rings is 3. The maximum Gasteiger partial charge on any atom is 0.181 e. The first kappa shape index (κ1) is 20.6. The molecule has 0 aliphatic carbocycles. The molecular weight excluding hydrogens is 410 g/mol. The number of methoxy groups -OCH3 is 1. The van der Waals surface area contributed by atoms with Gasteiger partial charge in [-0.25, -0.2) is 4.98 Å². The molecule has 0 aliphatic heterocycles. The molecule has 0 atom stereocenters. The fourth-order valence-corrected chi connectivity index (χ4v) is 3.81. The van der Waals surface area contributed by atoms with Crippen LogP contribution in [0.4, 0.5) is 5.82 Å². The molecule has 2 aromatic heterocycles. The van der Waals surface area contributed by atoms with Crippen LogP contribution < -0.4 is 14.8 Å². The molecule has 2 heterocycles. The molecule has 0 radical (unpaired) electrons. The Kier molecular flexibility index (Phi) is 5.93. The number of imidazole rings is 1. The van der Waals surface area contributed by atoms with Gasteiger partial charge in [0.2, 0.25) is 0 Å². The maximum atomic E-state index is 6.18. The standard InChI is InChI=1S/C28H25N3O2/c1-32-24-15-8-14-23(18-24)26-28(29-19-21-10-4-2-5-11-21)31-17-9-16-25(27(31)30-26)33-20-22-12-6-3-7-13-22/h2-18,29H,19-20H2,1H3. The molecule has 5 nitrogen and oxygen atoms in total. The number of nitrogens with one attached hydrogen (secondary N) is 1. The van der Waals surface area contributed by atoms with E-state index < -0.39 is 0 Å².